The second-order valence-electron chi connectivity index (χ2n) is 5.64. The van der Waals surface area contributed by atoms with Gasteiger partial charge in [0.25, 0.3) is 5.91 Å². The first-order valence-electron chi connectivity index (χ1n) is 7.32. The van der Waals surface area contributed by atoms with Crippen LogP contribution in [-0.2, 0) is 0 Å². The van der Waals surface area contributed by atoms with Gasteiger partial charge < -0.3 is 10.6 Å². The highest BCUT2D eigenvalue weighted by atomic mass is 19.2. The van der Waals surface area contributed by atoms with Gasteiger partial charge in [-0.2, -0.15) is 0 Å². The second kappa shape index (κ2) is 7.29. The third-order valence-corrected chi connectivity index (χ3v) is 3.04. The maximum absolute atomic E-state index is 13.7. The molecular weight excluding hydrogens is 321 g/mol. The Bertz CT molecular complexity index is 765. The van der Waals surface area contributed by atoms with Crippen LogP contribution in [-0.4, -0.2) is 22.4 Å². The lowest BCUT2D eigenvalue weighted by Gasteiger charge is -2.11. The number of carbonyl (C=O) groups excluding carboxylic acids is 1. The Morgan fingerprint density at radius 1 is 1.17 bits per heavy atom. The maximum atomic E-state index is 13.7. The lowest BCUT2D eigenvalue weighted by atomic mass is 10.2. The number of rotatable bonds is 5. The molecule has 0 aliphatic heterocycles. The fourth-order valence-electron chi connectivity index (χ4n) is 1.90. The first kappa shape index (κ1) is 17.7. The molecule has 0 saturated heterocycles. The first-order valence-corrected chi connectivity index (χ1v) is 7.32. The highest BCUT2D eigenvalue weighted by Crippen LogP contribution is 2.23. The molecule has 0 bridgehead atoms. The molecule has 1 heterocycles. The van der Waals surface area contributed by atoms with Crippen LogP contribution >= 0.6 is 0 Å². The zero-order valence-corrected chi connectivity index (χ0v) is 13.5. The number of amides is 1. The SMILES string of the molecule is Cc1nc(Nc2ccc(F)c(F)c2F)cc(C(=O)NCC(C)C)n1. The van der Waals surface area contributed by atoms with Crippen LogP contribution in [0, 0.1) is 30.3 Å². The lowest BCUT2D eigenvalue weighted by Crippen LogP contribution is -2.28. The first-order chi connectivity index (χ1) is 11.3. The number of hydrogen-bond donors (Lipinski definition) is 2. The average Bonchev–Trinajstić information content (AvgIpc) is 2.52. The van der Waals surface area contributed by atoms with Gasteiger partial charge in [-0.15, -0.1) is 0 Å². The van der Waals surface area contributed by atoms with Crippen LogP contribution in [0.15, 0.2) is 18.2 Å². The van der Waals surface area contributed by atoms with E-state index in [0.29, 0.717) is 6.54 Å². The average molecular weight is 338 g/mol. The Kier molecular flexibility index (Phi) is 5.38. The molecule has 0 saturated carbocycles. The normalized spacial score (nSPS) is 10.8. The molecule has 2 rings (SSSR count). The Morgan fingerprint density at radius 2 is 1.88 bits per heavy atom. The molecule has 0 fully saturated rings. The van der Waals surface area contributed by atoms with E-state index in [-0.39, 0.29) is 28.9 Å². The van der Waals surface area contributed by atoms with Crippen LogP contribution in [0.3, 0.4) is 0 Å². The number of anilines is 2. The zero-order chi connectivity index (χ0) is 17.9. The molecule has 1 aromatic heterocycles. The van der Waals surface area contributed by atoms with Gasteiger partial charge >= 0.3 is 0 Å². The molecule has 0 unspecified atom stereocenters. The van der Waals surface area contributed by atoms with E-state index in [2.05, 4.69) is 20.6 Å². The zero-order valence-electron chi connectivity index (χ0n) is 13.5. The van der Waals surface area contributed by atoms with E-state index in [1.165, 1.54) is 6.07 Å². The molecule has 8 heteroatoms. The number of aryl methyl sites for hydroxylation is 1. The van der Waals surface area contributed by atoms with Crippen LogP contribution in [0.25, 0.3) is 0 Å². The van der Waals surface area contributed by atoms with Crippen LogP contribution in [0.1, 0.15) is 30.2 Å². The van der Waals surface area contributed by atoms with Gasteiger partial charge in [-0.3, -0.25) is 4.79 Å². The summed E-state index contributed by atoms with van der Waals surface area (Å²) in [5.41, 5.74) is -0.200. The molecule has 0 radical (unpaired) electrons. The van der Waals surface area contributed by atoms with Crippen molar-refractivity contribution in [3.63, 3.8) is 0 Å². The smallest absolute Gasteiger partial charge is 0.270 e. The Hall–Kier alpha value is -2.64. The topological polar surface area (TPSA) is 66.9 Å². The van der Waals surface area contributed by atoms with Crippen molar-refractivity contribution in [1.82, 2.24) is 15.3 Å². The van der Waals surface area contributed by atoms with Crippen molar-refractivity contribution in [3.05, 3.63) is 47.2 Å². The summed E-state index contributed by atoms with van der Waals surface area (Å²) in [7, 11) is 0. The summed E-state index contributed by atoms with van der Waals surface area (Å²) < 4.78 is 39.9. The Labute approximate surface area is 137 Å². The predicted octanol–water partition coefficient (Wildman–Crippen LogP) is 3.33. The van der Waals surface area contributed by atoms with Gasteiger partial charge in [-0.05, 0) is 25.0 Å². The van der Waals surface area contributed by atoms with Gasteiger partial charge in [-0.1, -0.05) is 13.8 Å². The standard InChI is InChI=1S/C16H17F3N4O/c1-8(2)7-20-16(24)12-6-13(22-9(3)21-12)23-11-5-4-10(17)14(18)15(11)19/h4-6,8H,7H2,1-3H3,(H,20,24)(H,21,22,23). The van der Waals surface area contributed by atoms with Crippen LogP contribution < -0.4 is 10.6 Å². The third kappa shape index (κ3) is 4.21. The molecule has 1 aromatic carbocycles. The lowest BCUT2D eigenvalue weighted by molar-refractivity contribution is 0.0943. The summed E-state index contributed by atoms with van der Waals surface area (Å²) in [5.74, 6) is -3.99. The summed E-state index contributed by atoms with van der Waals surface area (Å²) in [4.78, 5) is 20.1. The second-order valence-corrected chi connectivity index (χ2v) is 5.64. The van der Waals surface area contributed by atoms with E-state index in [4.69, 9.17) is 0 Å². The Morgan fingerprint density at radius 3 is 2.54 bits per heavy atom. The predicted molar refractivity (Wildman–Crippen MR) is 83.5 cm³/mol. The fourth-order valence-corrected chi connectivity index (χ4v) is 1.90. The van der Waals surface area contributed by atoms with Crippen LogP contribution in [0.2, 0.25) is 0 Å². The minimum Gasteiger partial charge on any atom is -0.350 e. The summed E-state index contributed by atoms with van der Waals surface area (Å²) in [6.45, 7) is 5.93. The number of benzene rings is 1. The summed E-state index contributed by atoms with van der Waals surface area (Å²) in [6.07, 6.45) is 0. The minimum absolute atomic E-state index is 0.0913. The molecule has 24 heavy (non-hydrogen) atoms. The molecule has 1 amide bonds. The van der Waals surface area contributed by atoms with Gasteiger partial charge in [0.2, 0.25) is 0 Å². The van der Waals surface area contributed by atoms with Gasteiger partial charge in [0.15, 0.2) is 17.5 Å². The van der Waals surface area contributed by atoms with Crippen molar-refractivity contribution >= 4 is 17.4 Å². The van der Waals surface area contributed by atoms with Gasteiger partial charge in [0, 0.05) is 12.6 Å². The van der Waals surface area contributed by atoms with Gasteiger partial charge in [0.1, 0.15) is 17.3 Å². The summed E-state index contributed by atoms with van der Waals surface area (Å²) in [6, 6.07) is 3.15. The summed E-state index contributed by atoms with van der Waals surface area (Å²) >= 11 is 0. The summed E-state index contributed by atoms with van der Waals surface area (Å²) in [5, 5.41) is 5.23. The van der Waals surface area contributed by atoms with Crippen molar-refractivity contribution < 1.29 is 18.0 Å². The van der Waals surface area contributed by atoms with Crippen LogP contribution in [0.5, 0.6) is 0 Å². The fraction of sp³-hybridized carbons (Fsp3) is 0.312. The molecule has 0 atom stereocenters. The number of aromatic nitrogens is 2. The number of halogens is 3. The van der Waals surface area contributed by atoms with E-state index >= 15 is 0 Å². The molecule has 5 nitrogen and oxygen atoms in total. The minimum atomic E-state index is -1.58. The number of carbonyl (C=O) groups is 1. The van der Waals surface area contributed by atoms with E-state index in [9.17, 15) is 18.0 Å². The number of nitrogens with zero attached hydrogens (tertiary/aromatic N) is 2. The van der Waals surface area contributed by atoms with E-state index in [1.54, 1.807) is 6.92 Å². The van der Waals surface area contributed by atoms with Crippen molar-refractivity contribution in [3.8, 4) is 0 Å². The number of hydrogen-bond acceptors (Lipinski definition) is 4. The number of nitrogens with one attached hydrogen (secondary N) is 2. The molecule has 2 aromatic rings. The molecular formula is C16H17F3N4O. The quantitative estimate of drug-likeness (QED) is 0.821. The third-order valence-electron chi connectivity index (χ3n) is 3.04. The highest BCUT2D eigenvalue weighted by molar-refractivity contribution is 5.93. The molecule has 0 spiro atoms. The van der Waals surface area contributed by atoms with Gasteiger partial charge in [-0.25, -0.2) is 23.1 Å². The molecule has 128 valence electrons. The molecule has 0 aliphatic carbocycles. The Balaban J connectivity index is 2.26. The largest absolute Gasteiger partial charge is 0.350 e. The van der Waals surface area contributed by atoms with E-state index in [1.807, 2.05) is 13.8 Å². The van der Waals surface area contributed by atoms with Crippen molar-refractivity contribution in [2.24, 2.45) is 5.92 Å². The molecule has 2 N–H and O–H groups in total. The van der Waals surface area contributed by atoms with Crippen LogP contribution in [0.4, 0.5) is 24.7 Å². The van der Waals surface area contributed by atoms with Crippen molar-refractivity contribution in [1.29, 1.82) is 0 Å². The highest BCUT2D eigenvalue weighted by Gasteiger charge is 2.15. The van der Waals surface area contributed by atoms with Crippen molar-refractivity contribution in [2.45, 2.75) is 20.8 Å². The van der Waals surface area contributed by atoms with E-state index in [0.717, 1.165) is 12.1 Å². The monoisotopic (exact) mass is 338 g/mol. The van der Waals surface area contributed by atoms with E-state index < -0.39 is 23.4 Å². The maximum Gasteiger partial charge on any atom is 0.270 e. The van der Waals surface area contributed by atoms with Crippen molar-refractivity contribution in [2.75, 3.05) is 11.9 Å². The van der Waals surface area contributed by atoms with Gasteiger partial charge in [0.05, 0.1) is 5.69 Å². The molecule has 0 aliphatic rings.